The molecule has 0 N–H and O–H groups in total. The highest BCUT2D eigenvalue weighted by Crippen LogP contribution is 2.30. The van der Waals surface area contributed by atoms with Crippen molar-refractivity contribution in [2.45, 2.75) is 33.1 Å². The summed E-state index contributed by atoms with van der Waals surface area (Å²) in [6, 6.07) is 18.3. The molecule has 0 radical (unpaired) electrons. The van der Waals surface area contributed by atoms with Crippen LogP contribution in [-0.2, 0) is 12.8 Å². The highest BCUT2D eigenvalue weighted by molar-refractivity contribution is 5.92. The molecule has 4 rings (SSSR count). The van der Waals surface area contributed by atoms with Gasteiger partial charge in [-0.05, 0) is 53.3 Å². The van der Waals surface area contributed by atoms with Gasteiger partial charge in [0.15, 0.2) is 23.3 Å². The quantitative estimate of drug-likeness (QED) is 0.147. The topological polar surface area (TPSA) is 26.3 Å². The standard InChI is InChI=1S/C30H24F4O2/c1-3-5-21-12-15-23(27(32)26(21)31)20-10-13-22(14-11-20)36-30(35)25-17-16-24(28(33)29(25)34)19-8-6-18(4-2)7-9-19/h6-17H,3-5H2,1-2H3. The maximum Gasteiger partial charge on any atom is 0.346 e. The molecule has 2 nitrogen and oxygen atoms in total. The molecule has 6 heteroatoms. The first-order valence-electron chi connectivity index (χ1n) is 11.7. The minimum atomic E-state index is -1.31. The van der Waals surface area contributed by atoms with Crippen LogP contribution in [0.5, 0.6) is 5.75 Å². The van der Waals surface area contributed by atoms with Crippen molar-refractivity contribution < 1.29 is 27.1 Å². The average Bonchev–Trinajstić information content (AvgIpc) is 2.89. The number of benzene rings is 4. The number of carbonyl (C=O) groups excluding carboxylic acids is 1. The number of aryl methyl sites for hydroxylation is 2. The predicted molar refractivity (Wildman–Crippen MR) is 132 cm³/mol. The Kier molecular flexibility index (Phi) is 7.53. The number of ether oxygens (including phenoxy) is 1. The molecule has 0 fully saturated rings. The van der Waals surface area contributed by atoms with Crippen molar-refractivity contribution >= 4 is 5.97 Å². The molecular weight excluding hydrogens is 468 g/mol. The summed E-state index contributed by atoms with van der Waals surface area (Å²) in [5.74, 6) is -5.31. The van der Waals surface area contributed by atoms with Crippen LogP contribution in [0.3, 0.4) is 0 Å². The van der Waals surface area contributed by atoms with Crippen LogP contribution in [0.25, 0.3) is 22.3 Å². The number of carbonyl (C=O) groups is 1. The molecule has 184 valence electrons. The Balaban J connectivity index is 1.53. The van der Waals surface area contributed by atoms with Crippen molar-refractivity contribution in [2.75, 3.05) is 0 Å². The number of halogens is 4. The summed E-state index contributed by atoms with van der Waals surface area (Å²) < 4.78 is 63.6. The first kappa shape index (κ1) is 25.2. The van der Waals surface area contributed by atoms with E-state index in [1.807, 2.05) is 26.0 Å². The maximum absolute atomic E-state index is 14.8. The van der Waals surface area contributed by atoms with E-state index in [1.54, 1.807) is 18.2 Å². The smallest absolute Gasteiger partial charge is 0.346 e. The molecule has 0 aromatic heterocycles. The van der Waals surface area contributed by atoms with Crippen LogP contribution >= 0.6 is 0 Å². The molecule has 0 saturated carbocycles. The third kappa shape index (κ3) is 5.03. The number of esters is 1. The van der Waals surface area contributed by atoms with E-state index in [2.05, 4.69) is 0 Å². The molecule has 0 saturated heterocycles. The van der Waals surface area contributed by atoms with Crippen molar-refractivity contribution in [3.05, 3.63) is 113 Å². The molecule has 0 heterocycles. The zero-order chi connectivity index (χ0) is 25.8. The summed E-state index contributed by atoms with van der Waals surface area (Å²) in [5.41, 5.74) is 1.80. The predicted octanol–water partition coefficient (Wildman–Crippen LogP) is 8.31. The zero-order valence-electron chi connectivity index (χ0n) is 19.9. The molecule has 0 bridgehead atoms. The van der Waals surface area contributed by atoms with Gasteiger partial charge >= 0.3 is 5.97 Å². The van der Waals surface area contributed by atoms with Crippen LogP contribution in [0.15, 0.2) is 72.8 Å². The molecule has 0 unspecified atom stereocenters. The van der Waals surface area contributed by atoms with Gasteiger partial charge < -0.3 is 4.74 Å². The highest BCUT2D eigenvalue weighted by atomic mass is 19.2. The van der Waals surface area contributed by atoms with Gasteiger partial charge in [-0.15, -0.1) is 0 Å². The lowest BCUT2D eigenvalue weighted by Gasteiger charge is -2.11. The van der Waals surface area contributed by atoms with Gasteiger partial charge in [0.25, 0.3) is 0 Å². The Morgan fingerprint density at radius 3 is 1.81 bits per heavy atom. The second-order valence-electron chi connectivity index (χ2n) is 8.40. The van der Waals surface area contributed by atoms with Crippen molar-refractivity contribution in [2.24, 2.45) is 0 Å². The minimum absolute atomic E-state index is 0.0373. The van der Waals surface area contributed by atoms with Crippen molar-refractivity contribution in [1.29, 1.82) is 0 Å². The summed E-state index contributed by atoms with van der Waals surface area (Å²) in [6.07, 6.45) is 1.94. The SMILES string of the molecule is CCCc1ccc(-c2ccc(OC(=O)c3ccc(-c4ccc(CC)cc4)c(F)c3F)cc2)c(F)c1F. The maximum atomic E-state index is 14.8. The van der Waals surface area contributed by atoms with Gasteiger partial charge in [0.05, 0.1) is 5.56 Å². The van der Waals surface area contributed by atoms with E-state index in [9.17, 15) is 22.4 Å². The van der Waals surface area contributed by atoms with E-state index < -0.39 is 34.8 Å². The largest absolute Gasteiger partial charge is 0.423 e. The lowest BCUT2D eigenvalue weighted by Crippen LogP contribution is -2.12. The molecule has 0 spiro atoms. The summed E-state index contributed by atoms with van der Waals surface area (Å²) in [6.45, 7) is 3.87. The summed E-state index contributed by atoms with van der Waals surface area (Å²) in [4.78, 5) is 12.5. The molecule has 0 amide bonds. The van der Waals surface area contributed by atoms with Crippen LogP contribution in [0.4, 0.5) is 17.6 Å². The van der Waals surface area contributed by atoms with Gasteiger partial charge in [-0.1, -0.05) is 74.9 Å². The van der Waals surface area contributed by atoms with Crippen molar-refractivity contribution in [1.82, 2.24) is 0 Å². The number of hydrogen-bond acceptors (Lipinski definition) is 2. The van der Waals surface area contributed by atoms with Crippen molar-refractivity contribution in [3.63, 3.8) is 0 Å². The van der Waals surface area contributed by atoms with E-state index in [0.29, 0.717) is 29.5 Å². The van der Waals surface area contributed by atoms with E-state index in [1.165, 1.54) is 42.5 Å². The fourth-order valence-corrected chi connectivity index (χ4v) is 3.99. The molecule has 0 atom stereocenters. The first-order chi connectivity index (χ1) is 17.3. The van der Waals surface area contributed by atoms with Crippen LogP contribution in [0.1, 0.15) is 41.8 Å². The zero-order valence-corrected chi connectivity index (χ0v) is 19.9. The van der Waals surface area contributed by atoms with Gasteiger partial charge in [0, 0.05) is 11.1 Å². The molecule has 4 aromatic carbocycles. The second kappa shape index (κ2) is 10.8. The van der Waals surface area contributed by atoms with Crippen LogP contribution in [0, 0.1) is 23.3 Å². The Morgan fingerprint density at radius 1 is 0.667 bits per heavy atom. The van der Waals surface area contributed by atoms with Crippen LogP contribution in [-0.4, -0.2) is 5.97 Å². The third-order valence-corrected chi connectivity index (χ3v) is 6.03. The monoisotopic (exact) mass is 492 g/mol. The second-order valence-corrected chi connectivity index (χ2v) is 8.40. The molecule has 0 aliphatic heterocycles. The van der Waals surface area contributed by atoms with E-state index in [-0.39, 0.29) is 16.9 Å². The molecule has 0 aliphatic carbocycles. The third-order valence-electron chi connectivity index (χ3n) is 6.03. The molecule has 4 aromatic rings. The fourth-order valence-electron chi connectivity index (χ4n) is 3.99. The van der Waals surface area contributed by atoms with E-state index in [4.69, 9.17) is 4.74 Å². The molecule has 0 aliphatic rings. The number of hydrogen-bond donors (Lipinski definition) is 0. The summed E-state index contributed by atoms with van der Waals surface area (Å²) in [5, 5.41) is 0. The van der Waals surface area contributed by atoms with Gasteiger partial charge in [0.1, 0.15) is 5.75 Å². The molecular formula is C30H24F4O2. The number of rotatable bonds is 7. The van der Waals surface area contributed by atoms with Gasteiger partial charge in [-0.2, -0.15) is 0 Å². The van der Waals surface area contributed by atoms with Crippen LogP contribution < -0.4 is 4.74 Å². The van der Waals surface area contributed by atoms with Crippen LogP contribution in [0.2, 0.25) is 0 Å². The lowest BCUT2D eigenvalue weighted by atomic mass is 10.0. The Labute approximate surface area is 207 Å². The normalized spacial score (nSPS) is 10.9. The van der Waals surface area contributed by atoms with Gasteiger partial charge in [0.2, 0.25) is 0 Å². The average molecular weight is 493 g/mol. The first-order valence-corrected chi connectivity index (χ1v) is 11.7. The van der Waals surface area contributed by atoms with Gasteiger partial charge in [-0.3, -0.25) is 0 Å². The van der Waals surface area contributed by atoms with E-state index >= 15 is 0 Å². The molecule has 36 heavy (non-hydrogen) atoms. The fraction of sp³-hybridized carbons (Fsp3) is 0.167. The Morgan fingerprint density at radius 2 is 1.22 bits per heavy atom. The minimum Gasteiger partial charge on any atom is -0.423 e. The summed E-state index contributed by atoms with van der Waals surface area (Å²) >= 11 is 0. The highest BCUT2D eigenvalue weighted by Gasteiger charge is 2.21. The van der Waals surface area contributed by atoms with Gasteiger partial charge in [-0.25, -0.2) is 22.4 Å². The van der Waals surface area contributed by atoms with E-state index in [0.717, 1.165) is 12.0 Å². The summed E-state index contributed by atoms with van der Waals surface area (Å²) in [7, 11) is 0. The van der Waals surface area contributed by atoms with Crippen molar-refractivity contribution in [3.8, 4) is 28.0 Å². The lowest BCUT2D eigenvalue weighted by molar-refractivity contribution is 0.0728. The Bertz CT molecular complexity index is 1390. The Hall–Kier alpha value is -3.93.